The van der Waals surface area contributed by atoms with Gasteiger partial charge in [0.1, 0.15) is 0 Å². The molecule has 1 aromatic carbocycles. The molecule has 1 aromatic rings. The smallest absolute Gasteiger partial charge is 0.0155 e. The van der Waals surface area contributed by atoms with Crippen LogP contribution in [0.15, 0.2) is 55.1 Å². The number of benzene rings is 1. The Labute approximate surface area is 85.3 Å². The van der Waals surface area contributed by atoms with E-state index in [1.54, 1.807) is 0 Å². The van der Waals surface area contributed by atoms with Crippen molar-refractivity contribution in [1.29, 1.82) is 0 Å². The predicted octanol–water partition coefficient (Wildman–Crippen LogP) is 3.76. The van der Waals surface area contributed by atoms with Gasteiger partial charge in [-0.2, -0.15) is 0 Å². The van der Waals surface area contributed by atoms with E-state index >= 15 is 0 Å². The van der Waals surface area contributed by atoms with E-state index in [2.05, 4.69) is 43.5 Å². The van der Waals surface area contributed by atoms with E-state index in [1.165, 1.54) is 16.7 Å². The van der Waals surface area contributed by atoms with Gasteiger partial charge in [-0.05, 0) is 35.1 Å². The van der Waals surface area contributed by atoms with E-state index in [1.807, 2.05) is 6.08 Å². The summed E-state index contributed by atoms with van der Waals surface area (Å²) in [6.07, 6.45) is 6.11. The molecule has 0 heteroatoms. The zero-order valence-electron chi connectivity index (χ0n) is 8.29. The van der Waals surface area contributed by atoms with Gasteiger partial charge in [0.25, 0.3) is 0 Å². The van der Waals surface area contributed by atoms with Gasteiger partial charge in [0.15, 0.2) is 0 Å². The van der Waals surface area contributed by atoms with Crippen LogP contribution in [0.4, 0.5) is 0 Å². The molecule has 0 spiro atoms. The monoisotopic (exact) mass is 182 g/mol. The fraction of sp³-hybridized carbons (Fsp3) is 0.143. The lowest BCUT2D eigenvalue weighted by Crippen LogP contribution is -2.03. The zero-order chi connectivity index (χ0) is 9.97. The summed E-state index contributed by atoms with van der Waals surface area (Å²) >= 11 is 0. The van der Waals surface area contributed by atoms with Crippen LogP contribution in [0.3, 0.4) is 0 Å². The Morgan fingerprint density at radius 3 is 2.71 bits per heavy atom. The molecule has 0 heterocycles. The molecular weight excluding hydrogens is 168 g/mol. The maximum Gasteiger partial charge on any atom is -0.0155 e. The van der Waals surface area contributed by atoms with Gasteiger partial charge < -0.3 is 0 Å². The fourth-order valence-electron chi connectivity index (χ4n) is 1.95. The second kappa shape index (κ2) is 3.67. The molecule has 0 amide bonds. The molecule has 0 fully saturated rings. The lowest BCUT2D eigenvalue weighted by atomic mass is 9.84. The molecule has 0 bridgehead atoms. The van der Waals surface area contributed by atoms with Crippen molar-refractivity contribution in [3.63, 3.8) is 0 Å². The van der Waals surface area contributed by atoms with Gasteiger partial charge in [-0.3, -0.25) is 0 Å². The average molecular weight is 182 g/mol. The molecule has 0 unspecified atom stereocenters. The molecular formula is C14H14. The minimum absolute atomic E-state index is 1.09. The third-order valence-electron chi connectivity index (χ3n) is 2.71. The Morgan fingerprint density at radius 2 is 1.93 bits per heavy atom. The lowest BCUT2D eigenvalue weighted by Gasteiger charge is -2.20. The summed E-state index contributed by atoms with van der Waals surface area (Å²) in [5.74, 6) is 0. The summed E-state index contributed by atoms with van der Waals surface area (Å²) < 4.78 is 0. The van der Waals surface area contributed by atoms with Gasteiger partial charge in [0.2, 0.25) is 0 Å². The van der Waals surface area contributed by atoms with Gasteiger partial charge in [0.05, 0.1) is 0 Å². The first-order valence-electron chi connectivity index (χ1n) is 4.92. The molecule has 0 atom stereocenters. The third kappa shape index (κ3) is 1.44. The summed E-state index contributed by atoms with van der Waals surface area (Å²) in [5, 5.41) is 0. The number of fused-ring (bicyclic) bond motifs is 1. The zero-order valence-corrected chi connectivity index (χ0v) is 8.29. The van der Waals surface area contributed by atoms with Gasteiger partial charge in [-0.15, -0.1) is 0 Å². The number of allylic oxidation sites excluding steroid dienone is 4. The van der Waals surface area contributed by atoms with Gasteiger partial charge in [-0.1, -0.05) is 49.6 Å². The molecule has 0 saturated carbocycles. The van der Waals surface area contributed by atoms with Crippen LogP contribution in [0.2, 0.25) is 0 Å². The summed E-state index contributed by atoms with van der Waals surface area (Å²) in [6, 6.07) is 8.49. The predicted molar refractivity (Wildman–Crippen MR) is 62.1 cm³/mol. The first-order chi connectivity index (χ1) is 6.83. The van der Waals surface area contributed by atoms with Crippen molar-refractivity contribution >= 4 is 5.57 Å². The van der Waals surface area contributed by atoms with Crippen LogP contribution in [0.25, 0.3) is 5.57 Å². The molecule has 2 rings (SSSR count). The van der Waals surface area contributed by atoms with E-state index in [4.69, 9.17) is 0 Å². The van der Waals surface area contributed by atoms with E-state index in [0.717, 1.165) is 18.4 Å². The molecule has 0 saturated heterocycles. The van der Waals surface area contributed by atoms with Crippen LogP contribution in [0.5, 0.6) is 0 Å². The van der Waals surface area contributed by atoms with Crippen molar-refractivity contribution in [3.8, 4) is 0 Å². The molecule has 0 radical (unpaired) electrons. The minimum Gasteiger partial charge on any atom is -0.0991 e. The maximum absolute atomic E-state index is 4.14. The molecule has 1 aliphatic carbocycles. The third-order valence-corrected chi connectivity index (χ3v) is 2.71. The standard InChI is InChI=1S/C14H14/c1-3-6-12-9-10-13-7-4-5-8-14(13)11(12)2/h3-8H,1-2,9-10H2/b12-6-. The van der Waals surface area contributed by atoms with Crippen LogP contribution in [0.1, 0.15) is 17.5 Å². The second-order valence-corrected chi connectivity index (χ2v) is 3.56. The highest BCUT2D eigenvalue weighted by Gasteiger charge is 2.14. The Bertz CT molecular complexity index is 408. The highest BCUT2D eigenvalue weighted by atomic mass is 14.2. The summed E-state index contributed by atoms with van der Waals surface area (Å²) in [6.45, 7) is 7.87. The maximum atomic E-state index is 4.14. The summed E-state index contributed by atoms with van der Waals surface area (Å²) in [7, 11) is 0. The molecule has 0 aliphatic heterocycles. The molecule has 70 valence electrons. The van der Waals surface area contributed by atoms with Crippen LogP contribution < -0.4 is 0 Å². The van der Waals surface area contributed by atoms with Crippen LogP contribution in [-0.4, -0.2) is 0 Å². The fourth-order valence-corrected chi connectivity index (χ4v) is 1.95. The summed E-state index contributed by atoms with van der Waals surface area (Å²) in [5.41, 5.74) is 5.19. The lowest BCUT2D eigenvalue weighted by molar-refractivity contribution is 0.940. The van der Waals surface area contributed by atoms with E-state index in [9.17, 15) is 0 Å². The minimum atomic E-state index is 1.09. The van der Waals surface area contributed by atoms with Crippen molar-refractivity contribution in [2.75, 3.05) is 0 Å². The van der Waals surface area contributed by atoms with Crippen LogP contribution in [0, 0.1) is 0 Å². The van der Waals surface area contributed by atoms with Gasteiger partial charge in [0, 0.05) is 0 Å². The summed E-state index contributed by atoms with van der Waals surface area (Å²) in [4.78, 5) is 0. The number of rotatable bonds is 1. The Hall–Kier alpha value is -1.56. The first-order valence-corrected chi connectivity index (χ1v) is 4.92. The Balaban J connectivity index is 2.46. The van der Waals surface area contributed by atoms with Crippen molar-refractivity contribution in [2.45, 2.75) is 12.8 Å². The molecule has 0 N–H and O–H groups in total. The largest absolute Gasteiger partial charge is 0.0991 e. The second-order valence-electron chi connectivity index (χ2n) is 3.56. The molecule has 1 aliphatic rings. The van der Waals surface area contributed by atoms with Crippen LogP contribution >= 0.6 is 0 Å². The molecule has 0 aromatic heterocycles. The topological polar surface area (TPSA) is 0 Å². The number of hydrogen-bond acceptors (Lipinski definition) is 0. The van der Waals surface area contributed by atoms with Crippen molar-refractivity contribution in [2.24, 2.45) is 0 Å². The number of hydrogen-bond donors (Lipinski definition) is 0. The molecule has 0 nitrogen and oxygen atoms in total. The van der Waals surface area contributed by atoms with E-state index in [0.29, 0.717) is 0 Å². The van der Waals surface area contributed by atoms with E-state index in [-0.39, 0.29) is 0 Å². The van der Waals surface area contributed by atoms with Gasteiger partial charge >= 0.3 is 0 Å². The van der Waals surface area contributed by atoms with E-state index < -0.39 is 0 Å². The molecule has 14 heavy (non-hydrogen) atoms. The van der Waals surface area contributed by atoms with Crippen molar-refractivity contribution in [3.05, 3.63) is 66.3 Å². The Morgan fingerprint density at radius 1 is 1.14 bits per heavy atom. The van der Waals surface area contributed by atoms with Gasteiger partial charge in [-0.25, -0.2) is 0 Å². The highest BCUT2D eigenvalue weighted by molar-refractivity contribution is 5.81. The van der Waals surface area contributed by atoms with Crippen molar-refractivity contribution < 1.29 is 0 Å². The van der Waals surface area contributed by atoms with Crippen molar-refractivity contribution in [1.82, 2.24) is 0 Å². The SMILES string of the molecule is C=C/C=C1/CCc2ccccc2C1=C. The average Bonchev–Trinajstić information content (AvgIpc) is 2.23. The Kier molecular flexibility index (Phi) is 2.36. The highest BCUT2D eigenvalue weighted by Crippen LogP contribution is 2.33. The van der Waals surface area contributed by atoms with Crippen LogP contribution in [-0.2, 0) is 6.42 Å². The quantitative estimate of drug-likeness (QED) is 0.620. The number of aryl methyl sites for hydroxylation is 1. The first kappa shape index (κ1) is 9.01. The normalized spacial score (nSPS) is 18.0.